The van der Waals surface area contributed by atoms with E-state index < -0.39 is 7.05 Å². The molecule has 0 aliphatic carbocycles. The number of nitrogens with zero attached hydrogens (tertiary/aromatic N) is 1. The minimum absolute atomic E-state index is 0.915. The Labute approximate surface area is 196 Å². The molecule has 1 nitrogen and oxygen atoms in total. The van der Waals surface area contributed by atoms with Gasteiger partial charge in [-0.2, -0.15) is 0 Å². The van der Waals surface area contributed by atoms with Crippen molar-refractivity contribution in [3.05, 3.63) is 117 Å². The van der Waals surface area contributed by atoms with E-state index in [2.05, 4.69) is 139 Å². The molecular formula is C24H17Br3NP. The molecule has 0 radical (unpaired) electrons. The Morgan fingerprint density at radius 1 is 0.517 bits per heavy atom. The maximum absolute atomic E-state index is 5.54. The van der Waals surface area contributed by atoms with Crippen LogP contribution in [0.3, 0.4) is 0 Å². The average molecular weight is 590 g/mol. The van der Waals surface area contributed by atoms with Crippen LogP contribution in [0, 0.1) is 0 Å². The molecule has 4 rings (SSSR count). The maximum Gasteiger partial charge on any atom is 0.0909 e. The fourth-order valence-corrected chi connectivity index (χ4v) is 9.61. The molecule has 29 heavy (non-hydrogen) atoms. The largest absolute Gasteiger partial charge is 0.251 e. The van der Waals surface area contributed by atoms with E-state index in [4.69, 9.17) is 4.74 Å². The lowest BCUT2D eigenvalue weighted by atomic mass is 10.3. The Morgan fingerprint density at radius 2 is 0.862 bits per heavy atom. The van der Waals surface area contributed by atoms with E-state index >= 15 is 0 Å². The van der Waals surface area contributed by atoms with Crippen molar-refractivity contribution < 1.29 is 0 Å². The predicted molar refractivity (Wildman–Crippen MR) is 137 cm³/mol. The summed E-state index contributed by atoms with van der Waals surface area (Å²) in [7, 11) is -2.29. The summed E-state index contributed by atoms with van der Waals surface area (Å²) in [6.07, 6.45) is 0. The molecule has 4 aromatic carbocycles. The molecular weight excluding hydrogens is 573 g/mol. The summed E-state index contributed by atoms with van der Waals surface area (Å²) in [5.41, 5.74) is 0.915. The molecule has 4 aromatic rings. The van der Waals surface area contributed by atoms with E-state index in [0.717, 1.165) is 19.1 Å². The van der Waals surface area contributed by atoms with Crippen molar-refractivity contribution in [2.75, 3.05) is 0 Å². The number of halogens is 3. The van der Waals surface area contributed by atoms with Crippen molar-refractivity contribution in [3.63, 3.8) is 0 Å². The second kappa shape index (κ2) is 9.14. The molecule has 0 aliphatic rings. The van der Waals surface area contributed by atoms with Gasteiger partial charge in [0, 0.05) is 29.3 Å². The Bertz CT molecular complexity index is 1050. The van der Waals surface area contributed by atoms with Gasteiger partial charge in [-0.1, -0.05) is 107 Å². The Hall–Kier alpha value is -1.45. The second-order valence-electron chi connectivity index (χ2n) is 6.46. The van der Waals surface area contributed by atoms with Gasteiger partial charge in [-0.15, -0.1) is 0 Å². The van der Waals surface area contributed by atoms with Gasteiger partial charge >= 0.3 is 0 Å². The van der Waals surface area contributed by atoms with Crippen LogP contribution in [0.25, 0.3) is 0 Å². The molecule has 0 aromatic heterocycles. The van der Waals surface area contributed by atoms with Crippen LogP contribution >= 0.6 is 54.8 Å². The van der Waals surface area contributed by atoms with Crippen LogP contribution < -0.4 is 15.9 Å². The minimum Gasteiger partial charge on any atom is -0.251 e. The number of benzene rings is 4. The first-order valence-corrected chi connectivity index (χ1v) is 13.2. The topological polar surface area (TPSA) is 12.4 Å². The second-order valence-corrected chi connectivity index (χ2v) is 12.1. The van der Waals surface area contributed by atoms with Gasteiger partial charge in [-0.25, -0.2) is 0 Å². The predicted octanol–water partition coefficient (Wildman–Crippen LogP) is 7.78. The summed E-state index contributed by atoms with van der Waals surface area (Å²) in [6, 6.07) is 36.0. The van der Waals surface area contributed by atoms with E-state index in [0.29, 0.717) is 0 Å². The highest BCUT2D eigenvalue weighted by Crippen LogP contribution is 2.52. The number of hydrogen-bond acceptors (Lipinski definition) is 1. The van der Waals surface area contributed by atoms with Crippen molar-refractivity contribution >= 4 is 76.4 Å². The van der Waals surface area contributed by atoms with Crippen molar-refractivity contribution in [3.8, 4) is 0 Å². The molecule has 0 aliphatic heterocycles. The van der Waals surface area contributed by atoms with E-state index in [1.165, 1.54) is 15.9 Å². The molecule has 0 heterocycles. The lowest BCUT2D eigenvalue weighted by molar-refractivity contribution is 1.46. The molecule has 0 amide bonds. The van der Waals surface area contributed by atoms with Crippen molar-refractivity contribution in [1.82, 2.24) is 0 Å². The summed E-state index contributed by atoms with van der Waals surface area (Å²) >= 11 is 11.0. The first-order chi connectivity index (χ1) is 14.1. The Kier molecular flexibility index (Phi) is 6.56. The van der Waals surface area contributed by atoms with Crippen LogP contribution in [-0.2, 0) is 0 Å². The van der Waals surface area contributed by atoms with E-state index in [-0.39, 0.29) is 0 Å². The first kappa shape index (κ1) is 20.8. The zero-order valence-corrected chi connectivity index (χ0v) is 21.0. The van der Waals surface area contributed by atoms with E-state index in [1.54, 1.807) is 0 Å². The van der Waals surface area contributed by atoms with Gasteiger partial charge in [0.15, 0.2) is 0 Å². The highest BCUT2D eigenvalue weighted by atomic mass is 79.9. The molecule has 0 fully saturated rings. The maximum atomic E-state index is 5.54. The van der Waals surface area contributed by atoms with E-state index in [1.807, 2.05) is 12.1 Å². The summed E-state index contributed by atoms with van der Waals surface area (Å²) in [6.45, 7) is 0. The van der Waals surface area contributed by atoms with Gasteiger partial charge in [-0.05, 0) is 44.0 Å². The van der Waals surface area contributed by atoms with E-state index in [9.17, 15) is 0 Å². The van der Waals surface area contributed by atoms with Crippen LogP contribution in [-0.4, -0.2) is 0 Å². The van der Waals surface area contributed by atoms with Crippen LogP contribution in [0.4, 0.5) is 5.69 Å². The highest BCUT2D eigenvalue weighted by molar-refractivity contribution is 9.11. The fraction of sp³-hybridized carbons (Fsp3) is 0. The van der Waals surface area contributed by atoms with Crippen molar-refractivity contribution in [2.24, 2.45) is 4.74 Å². The third-order valence-electron chi connectivity index (χ3n) is 4.62. The summed E-state index contributed by atoms with van der Waals surface area (Å²) in [5.74, 6) is 0. The lowest BCUT2D eigenvalue weighted by Gasteiger charge is -2.27. The third-order valence-corrected chi connectivity index (χ3v) is 9.92. The van der Waals surface area contributed by atoms with Gasteiger partial charge in [0.25, 0.3) is 0 Å². The lowest BCUT2D eigenvalue weighted by Crippen LogP contribution is -2.25. The van der Waals surface area contributed by atoms with Crippen molar-refractivity contribution in [1.29, 1.82) is 0 Å². The fourth-order valence-electron chi connectivity index (χ4n) is 3.33. The zero-order chi connectivity index (χ0) is 20.3. The highest BCUT2D eigenvalue weighted by Gasteiger charge is 2.28. The van der Waals surface area contributed by atoms with Crippen molar-refractivity contribution in [2.45, 2.75) is 0 Å². The molecule has 0 spiro atoms. The average Bonchev–Trinajstić information content (AvgIpc) is 2.75. The van der Waals surface area contributed by atoms with Gasteiger partial charge in [0.1, 0.15) is 0 Å². The summed E-state index contributed by atoms with van der Waals surface area (Å²) in [5, 5.41) is 3.66. The molecule has 5 heteroatoms. The smallest absolute Gasteiger partial charge is 0.0909 e. The summed E-state index contributed by atoms with van der Waals surface area (Å²) in [4.78, 5) is 0. The SMILES string of the molecule is Brc1cc(Br)c(N=P(c2ccccc2)(c2ccccc2)c2ccccc2)c(Br)c1. The zero-order valence-electron chi connectivity index (χ0n) is 15.3. The minimum atomic E-state index is -2.29. The standard InChI is InChI=1S/C24H17Br3NP/c25-18-16-22(26)24(23(27)17-18)28-29(19-10-4-1-5-11-19,20-12-6-2-7-13-20)21-14-8-3-9-15-21/h1-17H. The van der Waals surface area contributed by atoms with Gasteiger partial charge in [-0.3, -0.25) is 4.74 Å². The normalized spacial score (nSPS) is 11.3. The molecule has 0 unspecified atom stereocenters. The van der Waals surface area contributed by atoms with Crippen LogP contribution in [0.1, 0.15) is 0 Å². The van der Waals surface area contributed by atoms with Crippen LogP contribution in [0.5, 0.6) is 0 Å². The van der Waals surface area contributed by atoms with Gasteiger partial charge in [0.05, 0.1) is 12.7 Å². The van der Waals surface area contributed by atoms with Crippen LogP contribution in [0.2, 0.25) is 0 Å². The Morgan fingerprint density at radius 3 is 1.21 bits per heavy atom. The van der Waals surface area contributed by atoms with Crippen LogP contribution in [0.15, 0.2) is 121 Å². The number of rotatable bonds is 4. The molecule has 144 valence electrons. The quantitative estimate of drug-likeness (QED) is 0.216. The molecule has 0 bridgehead atoms. The van der Waals surface area contributed by atoms with Gasteiger partial charge < -0.3 is 0 Å². The molecule has 0 atom stereocenters. The number of hydrogen-bond donors (Lipinski definition) is 0. The first-order valence-electron chi connectivity index (χ1n) is 9.05. The molecule has 0 saturated heterocycles. The molecule has 0 N–H and O–H groups in total. The Balaban J connectivity index is 2.18. The monoisotopic (exact) mass is 587 g/mol. The third kappa shape index (κ3) is 4.22. The molecule has 0 saturated carbocycles. The van der Waals surface area contributed by atoms with Gasteiger partial charge in [0.2, 0.25) is 0 Å². The summed E-state index contributed by atoms with van der Waals surface area (Å²) < 4.78 is 8.44.